The number of hydrogen-bond donors (Lipinski definition) is 2. The van der Waals surface area contributed by atoms with Gasteiger partial charge in [0.2, 0.25) is 10.0 Å². The molecule has 27 heavy (non-hydrogen) atoms. The second kappa shape index (κ2) is 8.20. The molecule has 0 amide bonds. The first-order valence-corrected chi connectivity index (χ1v) is 10.7. The highest BCUT2D eigenvalue weighted by Crippen LogP contribution is 2.29. The monoisotopic (exact) mass is 391 g/mol. The van der Waals surface area contributed by atoms with E-state index in [4.69, 9.17) is 15.6 Å². The average Bonchev–Trinajstić information content (AvgIpc) is 2.98. The molecule has 0 aliphatic heterocycles. The molecule has 1 aromatic carbocycles. The summed E-state index contributed by atoms with van der Waals surface area (Å²) in [6.07, 6.45) is 2.09. The van der Waals surface area contributed by atoms with Crippen molar-refractivity contribution in [1.29, 1.82) is 0 Å². The summed E-state index contributed by atoms with van der Waals surface area (Å²) in [5.41, 5.74) is 8.59. The molecule has 8 nitrogen and oxygen atoms in total. The van der Waals surface area contributed by atoms with Crippen LogP contribution in [0.5, 0.6) is 0 Å². The van der Waals surface area contributed by atoms with Crippen LogP contribution in [0.25, 0.3) is 21.9 Å². The molecule has 9 heteroatoms. The normalized spacial score (nSPS) is 12.2. The molecule has 0 aliphatic carbocycles. The van der Waals surface area contributed by atoms with Crippen LogP contribution in [0.15, 0.2) is 24.3 Å². The Morgan fingerprint density at radius 2 is 1.93 bits per heavy atom. The van der Waals surface area contributed by atoms with E-state index >= 15 is 0 Å². The van der Waals surface area contributed by atoms with E-state index in [1.165, 1.54) is 0 Å². The topological polar surface area (TPSA) is 126 Å². The smallest absolute Gasteiger partial charge is 0.209 e. The van der Waals surface area contributed by atoms with Gasteiger partial charge >= 0.3 is 0 Å². The third-order valence-corrected chi connectivity index (χ3v) is 5.29. The van der Waals surface area contributed by atoms with E-state index in [0.717, 1.165) is 35.1 Å². The van der Waals surface area contributed by atoms with Crippen molar-refractivity contribution in [3.63, 3.8) is 0 Å². The molecule has 0 bridgehead atoms. The third kappa shape index (κ3) is 4.55. The number of anilines is 1. The summed E-state index contributed by atoms with van der Waals surface area (Å²) in [4.78, 5) is 9.13. The second-order valence-electron chi connectivity index (χ2n) is 6.46. The summed E-state index contributed by atoms with van der Waals surface area (Å²) in [7, 11) is -3.41. The zero-order valence-electron chi connectivity index (χ0n) is 15.4. The lowest BCUT2D eigenvalue weighted by Gasteiger charge is -2.11. The first kappa shape index (κ1) is 19.5. The molecule has 3 aromatic rings. The number of benzene rings is 1. The number of unbranched alkanes of at least 4 members (excludes halogenated alkanes) is 2. The highest BCUT2D eigenvalue weighted by molar-refractivity contribution is 7.89. The minimum atomic E-state index is -3.41. The molecule has 0 unspecified atom stereocenters. The van der Waals surface area contributed by atoms with Gasteiger partial charge in [0.05, 0.1) is 16.8 Å². The van der Waals surface area contributed by atoms with Gasteiger partial charge < -0.3 is 15.0 Å². The van der Waals surface area contributed by atoms with E-state index < -0.39 is 10.0 Å². The van der Waals surface area contributed by atoms with Gasteiger partial charge in [-0.3, -0.25) is 0 Å². The lowest BCUT2D eigenvalue weighted by atomic mass is 10.2. The summed E-state index contributed by atoms with van der Waals surface area (Å²) < 4.78 is 29.8. The molecule has 0 atom stereocenters. The minimum Gasteiger partial charge on any atom is -0.382 e. The summed E-state index contributed by atoms with van der Waals surface area (Å²) in [6.45, 7) is 3.60. The van der Waals surface area contributed by atoms with Crippen molar-refractivity contribution >= 4 is 37.8 Å². The molecule has 3 rings (SSSR count). The molecule has 0 spiro atoms. The first-order chi connectivity index (χ1) is 12.9. The number of rotatable bonds is 9. The molecule has 2 heterocycles. The fourth-order valence-corrected chi connectivity index (χ4v) is 3.81. The van der Waals surface area contributed by atoms with E-state index in [9.17, 15) is 8.42 Å². The van der Waals surface area contributed by atoms with Crippen LogP contribution in [0.2, 0.25) is 0 Å². The number of primary sulfonamides is 1. The van der Waals surface area contributed by atoms with Gasteiger partial charge in [-0.25, -0.2) is 23.5 Å². The zero-order chi connectivity index (χ0) is 19.4. The van der Waals surface area contributed by atoms with Crippen molar-refractivity contribution in [2.75, 3.05) is 18.1 Å². The third-order valence-electron chi connectivity index (χ3n) is 4.44. The molecule has 0 fully saturated rings. The number of para-hydroxylation sites is 1. The number of sulfonamides is 1. The van der Waals surface area contributed by atoms with Gasteiger partial charge in [-0.05, 0) is 25.8 Å². The Kier molecular flexibility index (Phi) is 5.93. The minimum absolute atomic E-state index is 0.00325. The van der Waals surface area contributed by atoms with Crippen LogP contribution in [0.3, 0.4) is 0 Å². The average molecular weight is 391 g/mol. The van der Waals surface area contributed by atoms with Crippen molar-refractivity contribution in [1.82, 2.24) is 14.5 Å². The lowest BCUT2D eigenvalue weighted by Crippen LogP contribution is -2.16. The summed E-state index contributed by atoms with van der Waals surface area (Å²) in [6, 6.07) is 7.82. The number of pyridine rings is 1. The van der Waals surface area contributed by atoms with Crippen LogP contribution in [0.1, 0.15) is 32.0 Å². The number of fused-ring (bicyclic) bond motifs is 3. The van der Waals surface area contributed by atoms with Gasteiger partial charge in [0.25, 0.3) is 0 Å². The van der Waals surface area contributed by atoms with E-state index in [-0.39, 0.29) is 5.75 Å². The highest BCUT2D eigenvalue weighted by Gasteiger charge is 2.17. The molecule has 0 saturated carbocycles. The number of nitrogen functional groups attached to an aromatic ring is 1. The van der Waals surface area contributed by atoms with Crippen molar-refractivity contribution in [2.24, 2.45) is 5.14 Å². The maximum absolute atomic E-state index is 11.1. The number of imidazole rings is 1. The van der Waals surface area contributed by atoms with Gasteiger partial charge in [0.15, 0.2) is 5.82 Å². The molecule has 2 aromatic heterocycles. The Labute approximate surface area is 158 Å². The number of hydrogen-bond acceptors (Lipinski definition) is 6. The SMILES string of the molecule is CCOCc1nc2c(N)nc3ccccc3c2n1CCCCCS(N)(=O)=O. The number of nitrogens with zero attached hydrogens (tertiary/aromatic N) is 3. The number of ether oxygens (including phenoxy) is 1. The second-order valence-corrected chi connectivity index (χ2v) is 8.19. The number of nitrogens with two attached hydrogens (primary N) is 2. The molecule has 0 saturated heterocycles. The van der Waals surface area contributed by atoms with E-state index in [1.807, 2.05) is 31.2 Å². The van der Waals surface area contributed by atoms with Gasteiger partial charge in [0, 0.05) is 18.5 Å². The predicted molar refractivity (Wildman–Crippen MR) is 107 cm³/mol. The van der Waals surface area contributed by atoms with Crippen LogP contribution in [-0.2, 0) is 27.9 Å². The van der Waals surface area contributed by atoms with Crippen LogP contribution in [-0.4, -0.2) is 35.3 Å². The van der Waals surface area contributed by atoms with E-state index in [0.29, 0.717) is 37.5 Å². The Balaban J connectivity index is 1.94. The van der Waals surface area contributed by atoms with Crippen LogP contribution in [0.4, 0.5) is 5.82 Å². The molecular weight excluding hydrogens is 366 g/mol. The Hall–Kier alpha value is -2.23. The number of aromatic nitrogens is 3. The van der Waals surface area contributed by atoms with E-state index in [1.54, 1.807) is 0 Å². The first-order valence-electron chi connectivity index (χ1n) is 9.02. The van der Waals surface area contributed by atoms with Gasteiger partial charge in [0.1, 0.15) is 17.9 Å². The Morgan fingerprint density at radius 3 is 2.67 bits per heavy atom. The van der Waals surface area contributed by atoms with Crippen molar-refractivity contribution in [3.05, 3.63) is 30.1 Å². The fourth-order valence-electron chi connectivity index (χ4n) is 3.20. The molecule has 146 valence electrons. The summed E-state index contributed by atoms with van der Waals surface area (Å²) >= 11 is 0. The Morgan fingerprint density at radius 1 is 1.15 bits per heavy atom. The van der Waals surface area contributed by atoms with Crippen LogP contribution >= 0.6 is 0 Å². The summed E-state index contributed by atoms with van der Waals surface area (Å²) in [5.74, 6) is 1.20. The van der Waals surface area contributed by atoms with E-state index in [2.05, 4.69) is 14.5 Å². The Bertz CT molecular complexity index is 1050. The zero-order valence-corrected chi connectivity index (χ0v) is 16.2. The summed E-state index contributed by atoms with van der Waals surface area (Å²) in [5, 5.41) is 6.05. The highest BCUT2D eigenvalue weighted by atomic mass is 32.2. The molecule has 0 aliphatic rings. The van der Waals surface area contributed by atoms with Crippen LogP contribution in [0, 0.1) is 0 Å². The number of aryl methyl sites for hydroxylation is 1. The van der Waals surface area contributed by atoms with Crippen molar-refractivity contribution in [3.8, 4) is 0 Å². The van der Waals surface area contributed by atoms with Gasteiger partial charge in [-0.2, -0.15) is 0 Å². The maximum Gasteiger partial charge on any atom is 0.209 e. The fraction of sp³-hybridized carbons (Fsp3) is 0.444. The standard InChI is InChI=1S/C18H25N5O3S/c1-2-26-12-15-22-16-17(13-8-4-5-9-14(13)21-18(16)19)23(15)10-6-3-7-11-27(20,24)25/h4-5,8-9H,2-3,6-7,10-12H2,1H3,(H2,19,21)(H2,20,24,25). The molecular formula is C18H25N5O3S. The quantitative estimate of drug-likeness (QED) is 0.538. The van der Waals surface area contributed by atoms with Gasteiger partial charge in [-0.1, -0.05) is 24.6 Å². The molecule has 4 N–H and O–H groups in total. The maximum atomic E-state index is 11.1. The van der Waals surface area contributed by atoms with Crippen molar-refractivity contribution in [2.45, 2.75) is 39.3 Å². The molecule has 0 radical (unpaired) electrons. The van der Waals surface area contributed by atoms with Gasteiger partial charge in [-0.15, -0.1) is 0 Å². The largest absolute Gasteiger partial charge is 0.382 e. The predicted octanol–water partition coefficient (Wildman–Crippen LogP) is 2.16. The van der Waals surface area contributed by atoms with Crippen molar-refractivity contribution < 1.29 is 13.2 Å². The van der Waals surface area contributed by atoms with Crippen LogP contribution < -0.4 is 10.9 Å². The lowest BCUT2D eigenvalue weighted by molar-refractivity contribution is 0.126.